The normalized spacial score (nSPS) is 13.1. The van der Waals surface area contributed by atoms with Crippen molar-refractivity contribution in [3.05, 3.63) is 0 Å². The summed E-state index contributed by atoms with van der Waals surface area (Å²) in [6.07, 6.45) is 2.26. The Bertz CT molecular complexity index is 408. The number of aliphatic carboxylic acids is 1. The van der Waals surface area contributed by atoms with E-state index in [2.05, 4.69) is 32.5 Å². The quantitative estimate of drug-likeness (QED) is 0.178. The fourth-order valence-electron chi connectivity index (χ4n) is 1.47. The predicted octanol–water partition coefficient (Wildman–Crippen LogP) is 0.561. The molecule has 0 saturated carbocycles. The number of carbonyl (C=O) groups is 2. The van der Waals surface area contributed by atoms with Crippen LogP contribution in [0.4, 0.5) is 0 Å². The maximum atomic E-state index is 11.6. The molecule has 21 heavy (non-hydrogen) atoms. The summed E-state index contributed by atoms with van der Waals surface area (Å²) in [5, 5.41) is 25.6. The molecule has 0 heterocycles. The van der Waals surface area contributed by atoms with Crippen LogP contribution in [0.3, 0.4) is 0 Å². The number of hydrogen-bond donors (Lipinski definition) is 3. The van der Waals surface area contributed by atoms with Crippen molar-refractivity contribution in [2.24, 2.45) is 26.2 Å². The summed E-state index contributed by atoms with van der Waals surface area (Å²) in [6.45, 7) is 3.69. The van der Waals surface area contributed by atoms with Crippen molar-refractivity contribution >= 4 is 24.4 Å². The summed E-state index contributed by atoms with van der Waals surface area (Å²) in [7, 11) is 1.50. The van der Waals surface area contributed by atoms with E-state index in [0.717, 1.165) is 0 Å². The number of amidine groups is 1. The van der Waals surface area contributed by atoms with Crippen molar-refractivity contribution in [1.82, 2.24) is 5.32 Å². The number of hydrogen-bond acceptors (Lipinski definition) is 6. The molecular formula is C12H22N6O3. The van der Waals surface area contributed by atoms with Crippen LogP contribution >= 0.6 is 0 Å². The van der Waals surface area contributed by atoms with Crippen molar-refractivity contribution in [2.75, 3.05) is 13.6 Å². The zero-order chi connectivity index (χ0) is 16.1. The zero-order valence-electron chi connectivity index (χ0n) is 12.2. The Morgan fingerprint density at radius 2 is 2.05 bits per heavy atom. The van der Waals surface area contributed by atoms with E-state index < -0.39 is 12.0 Å². The van der Waals surface area contributed by atoms with Crippen LogP contribution in [-0.2, 0) is 9.59 Å². The number of rotatable bonds is 10. The molecule has 118 valence electrons. The van der Waals surface area contributed by atoms with Gasteiger partial charge in [-0.25, -0.2) is 0 Å². The second-order valence-corrected chi connectivity index (χ2v) is 4.25. The van der Waals surface area contributed by atoms with E-state index in [1.54, 1.807) is 0 Å². The third-order valence-corrected chi connectivity index (χ3v) is 2.56. The Labute approximate surface area is 123 Å². The lowest BCUT2D eigenvalue weighted by Crippen LogP contribution is -2.30. The molecule has 1 amide bonds. The highest BCUT2D eigenvalue weighted by atomic mass is 16.4. The van der Waals surface area contributed by atoms with E-state index in [9.17, 15) is 9.59 Å². The van der Waals surface area contributed by atoms with Crippen molar-refractivity contribution < 1.29 is 14.7 Å². The largest absolute Gasteiger partial charge is 0.480 e. The Morgan fingerprint density at radius 3 is 2.62 bits per heavy atom. The molecule has 9 nitrogen and oxygen atoms in total. The summed E-state index contributed by atoms with van der Waals surface area (Å²) in [5.74, 6) is -0.803. The molecule has 0 radical (unpaired) electrons. The highest BCUT2D eigenvalue weighted by Crippen LogP contribution is 2.00. The molecule has 9 heteroatoms. The maximum absolute atomic E-state index is 11.6. The average molecular weight is 298 g/mol. The lowest BCUT2D eigenvalue weighted by atomic mass is 10.1. The van der Waals surface area contributed by atoms with Crippen LogP contribution in [-0.4, -0.2) is 49.2 Å². The fraction of sp³-hybridized carbons (Fsp3) is 0.667. The number of unbranched alkanes of at least 4 members (excludes halogenated alkanes) is 1. The average Bonchev–Trinajstić information content (AvgIpc) is 2.44. The minimum atomic E-state index is -1.01. The number of carboxylic acids is 1. The lowest BCUT2D eigenvalue weighted by molar-refractivity contribution is -0.138. The molecule has 0 aliphatic rings. The summed E-state index contributed by atoms with van der Waals surface area (Å²) < 4.78 is 0. The topological polar surface area (TPSA) is 142 Å². The standard InChI is InChI=1S/C12H22N6O3/c1-14-17-10(18-15-2)6-7-11(19)16-8-4-3-5-9(13)12(20)21/h9H,1,3-8,13H2,2H3,(H,16,19)(H,20,21)/b17-10-,18-15-. The summed E-state index contributed by atoms with van der Waals surface area (Å²) in [4.78, 5) is 22.0. The Kier molecular flexibility index (Phi) is 10.5. The van der Waals surface area contributed by atoms with Crippen LogP contribution in [0.15, 0.2) is 20.4 Å². The second kappa shape index (κ2) is 11.6. The fourth-order valence-corrected chi connectivity index (χ4v) is 1.47. The number of nitrogens with zero attached hydrogens (tertiary/aromatic N) is 4. The van der Waals surface area contributed by atoms with Crippen LogP contribution in [0.2, 0.25) is 0 Å². The lowest BCUT2D eigenvalue weighted by Gasteiger charge is -2.07. The van der Waals surface area contributed by atoms with Gasteiger partial charge in [-0.3, -0.25) is 9.59 Å². The molecule has 4 N–H and O–H groups in total. The smallest absolute Gasteiger partial charge is 0.320 e. The first-order valence-corrected chi connectivity index (χ1v) is 6.58. The van der Waals surface area contributed by atoms with Crippen LogP contribution in [0, 0.1) is 0 Å². The van der Waals surface area contributed by atoms with Crippen LogP contribution in [0.5, 0.6) is 0 Å². The number of carboxylic acid groups (broad SMARTS) is 1. The van der Waals surface area contributed by atoms with Gasteiger partial charge in [0, 0.05) is 33.2 Å². The molecule has 0 aromatic carbocycles. The molecule has 0 saturated heterocycles. The number of nitrogens with one attached hydrogen (secondary N) is 1. The Hall–Kier alpha value is -2.16. The van der Waals surface area contributed by atoms with E-state index in [1.807, 2.05) is 0 Å². The monoisotopic (exact) mass is 298 g/mol. The number of carbonyl (C=O) groups excluding carboxylic acids is 1. The Balaban J connectivity index is 3.78. The predicted molar refractivity (Wildman–Crippen MR) is 79.5 cm³/mol. The molecule has 1 unspecified atom stereocenters. The third kappa shape index (κ3) is 10.3. The van der Waals surface area contributed by atoms with E-state index in [4.69, 9.17) is 10.8 Å². The molecule has 0 aromatic heterocycles. The first-order chi connectivity index (χ1) is 10.0. The van der Waals surface area contributed by atoms with Gasteiger partial charge in [-0.15, -0.1) is 10.2 Å². The van der Waals surface area contributed by atoms with Gasteiger partial charge in [0.25, 0.3) is 0 Å². The maximum Gasteiger partial charge on any atom is 0.320 e. The molecule has 0 aliphatic carbocycles. The van der Waals surface area contributed by atoms with Gasteiger partial charge in [-0.1, -0.05) is 0 Å². The van der Waals surface area contributed by atoms with E-state index >= 15 is 0 Å². The van der Waals surface area contributed by atoms with Gasteiger partial charge in [0.15, 0.2) is 5.84 Å². The van der Waals surface area contributed by atoms with Gasteiger partial charge in [0.2, 0.25) is 5.91 Å². The summed E-state index contributed by atoms with van der Waals surface area (Å²) in [5.41, 5.74) is 5.36. The zero-order valence-corrected chi connectivity index (χ0v) is 12.2. The van der Waals surface area contributed by atoms with Gasteiger partial charge in [-0.05, 0) is 19.3 Å². The van der Waals surface area contributed by atoms with Gasteiger partial charge in [-0.2, -0.15) is 10.2 Å². The van der Waals surface area contributed by atoms with E-state index in [1.165, 1.54) is 7.05 Å². The molecule has 0 aromatic rings. The summed E-state index contributed by atoms with van der Waals surface area (Å²) >= 11 is 0. The van der Waals surface area contributed by atoms with Gasteiger partial charge >= 0.3 is 5.97 Å². The minimum Gasteiger partial charge on any atom is -0.480 e. The molecule has 0 aliphatic heterocycles. The molecular weight excluding hydrogens is 276 g/mol. The van der Waals surface area contributed by atoms with Gasteiger partial charge in [0.1, 0.15) is 6.04 Å². The Morgan fingerprint density at radius 1 is 1.33 bits per heavy atom. The molecule has 1 atom stereocenters. The highest BCUT2D eigenvalue weighted by molar-refractivity contribution is 5.87. The van der Waals surface area contributed by atoms with Crippen LogP contribution in [0.25, 0.3) is 0 Å². The minimum absolute atomic E-state index is 0.138. The highest BCUT2D eigenvalue weighted by Gasteiger charge is 2.10. The van der Waals surface area contributed by atoms with E-state index in [-0.39, 0.29) is 12.3 Å². The molecule has 0 fully saturated rings. The van der Waals surface area contributed by atoms with Crippen molar-refractivity contribution in [3.8, 4) is 0 Å². The molecule has 0 rings (SSSR count). The van der Waals surface area contributed by atoms with E-state index in [0.29, 0.717) is 38.1 Å². The summed E-state index contributed by atoms with van der Waals surface area (Å²) in [6, 6.07) is -0.842. The first kappa shape index (κ1) is 18.8. The molecule has 0 spiro atoms. The van der Waals surface area contributed by atoms with Crippen molar-refractivity contribution in [1.29, 1.82) is 0 Å². The van der Waals surface area contributed by atoms with Crippen molar-refractivity contribution in [2.45, 2.75) is 38.1 Å². The number of nitrogens with two attached hydrogens (primary N) is 1. The first-order valence-electron chi connectivity index (χ1n) is 6.58. The number of amides is 1. The van der Waals surface area contributed by atoms with Gasteiger partial charge in [0.05, 0.1) is 0 Å². The van der Waals surface area contributed by atoms with Crippen molar-refractivity contribution in [3.63, 3.8) is 0 Å². The van der Waals surface area contributed by atoms with Gasteiger partial charge < -0.3 is 16.2 Å². The SMILES string of the molecule is C=N/N=C(CCC(=O)NCCCCC(N)C(=O)O)\N=N/C. The van der Waals surface area contributed by atoms with Crippen LogP contribution in [0.1, 0.15) is 32.1 Å². The molecule has 0 bridgehead atoms. The second-order valence-electron chi connectivity index (χ2n) is 4.25. The third-order valence-electron chi connectivity index (χ3n) is 2.56. The number of azo groups is 1. The van der Waals surface area contributed by atoms with Crippen LogP contribution < -0.4 is 11.1 Å².